The molecule has 7 nitrogen and oxygen atoms in total. The van der Waals surface area contributed by atoms with Crippen LogP contribution in [0.3, 0.4) is 0 Å². The monoisotopic (exact) mass is 324 g/mol. The van der Waals surface area contributed by atoms with E-state index in [0.29, 0.717) is 29.7 Å². The Bertz CT molecular complexity index is 950. The summed E-state index contributed by atoms with van der Waals surface area (Å²) in [6.45, 7) is 0.491. The van der Waals surface area contributed by atoms with E-state index < -0.39 is 0 Å². The minimum absolute atomic E-state index is 0.430. The first-order valence-electron chi connectivity index (χ1n) is 6.89. The van der Waals surface area contributed by atoms with Crippen molar-refractivity contribution in [2.24, 2.45) is 0 Å². The van der Waals surface area contributed by atoms with E-state index in [2.05, 4.69) is 25.3 Å². The third-order valence-corrected chi connectivity index (χ3v) is 4.10. The molecule has 4 aromatic rings. The molecular formula is C15H12N6OS. The molecular weight excluding hydrogens is 312 g/mol. The topological polar surface area (TPSA) is 103 Å². The van der Waals surface area contributed by atoms with Crippen molar-refractivity contribution in [2.75, 3.05) is 11.1 Å². The van der Waals surface area contributed by atoms with E-state index >= 15 is 0 Å². The zero-order valence-electron chi connectivity index (χ0n) is 11.9. The number of nitrogens with zero attached hydrogens (tertiary/aromatic N) is 4. The van der Waals surface area contributed by atoms with Crippen LogP contribution in [-0.2, 0) is 6.54 Å². The van der Waals surface area contributed by atoms with Crippen LogP contribution in [0.4, 0.5) is 11.6 Å². The molecule has 4 rings (SSSR count). The van der Waals surface area contributed by atoms with Gasteiger partial charge >= 0.3 is 0 Å². The van der Waals surface area contributed by atoms with Gasteiger partial charge < -0.3 is 15.5 Å². The first-order chi connectivity index (χ1) is 11.3. The van der Waals surface area contributed by atoms with Gasteiger partial charge in [0.25, 0.3) is 0 Å². The summed E-state index contributed by atoms with van der Waals surface area (Å²) in [7, 11) is 0. The number of rotatable bonds is 4. The number of fused-ring (bicyclic) bond motifs is 1. The molecule has 0 aromatic carbocycles. The van der Waals surface area contributed by atoms with Gasteiger partial charge in [-0.3, -0.25) is 0 Å². The SMILES string of the molecule is Nc1ccc2c(NCc3coc(-c4cccs4)n3)ncnc2n1. The number of aromatic nitrogens is 4. The lowest BCUT2D eigenvalue weighted by Crippen LogP contribution is -2.03. The Morgan fingerprint density at radius 3 is 3.00 bits per heavy atom. The second-order valence-corrected chi connectivity index (χ2v) is 5.75. The van der Waals surface area contributed by atoms with Crippen LogP contribution in [0, 0.1) is 0 Å². The van der Waals surface area contributed by atoms with Gasteiger partial charge in [-0.2, -0.15) is 0 Å². The smallest absolute Gasteiger partial charge is 0.236 e. The van der Waals surface area contributed by atoms with E-state index in [-0.39, 0.29) is 0 Å². The van der Waals surface area contributed by atoms with Gasteiger partial charge in [0.15, 0.2) is 5.65 Å². The van der Waals surface area contributed by atoms with Crippen molar-refractivity contribution in [3.8, 4) is 10.8 Å². The Kier molecular flexibility index (Phi) is 3.35. The van der Waals surface area contributed by atoms with E-state index in [1.807, 2.05) is 23.6 Å². The molecule has 0 atom stereocenters. The lowest BCUT2D eigenvalue weighted by Gasteiger charge is -2.06. The average molecular weight is 324 g/mol. The van der Waals surface area contributed by atoms with Crippen molar-refractivity contribution < 1.29 is 4.42 Å². The van der Waals surface area contributed by atoms with Crippen molar-refractivity contribution >= 4 is 34.0 Å². The third kappa shape index (κ3) is 2.71. The van der Waals surface area contributed by atoms with Crippen LogP contribution in [0.25, 0.3) is 21.8 Å². The molecule has 0 aliphatic carbocycles. The van der Waals surface area contributed by atoms with Crippen LogP contribution < -0.4 is 11.1 Å². The number of anilines is 2. The van der Waals surface area contributed by atoms with Gasteiger partial charge in [-0.15, -0.1) is 11.3 Å². The molecule has 4 aromatic heterocycles. The molecule has 0 unspecified atom stereocenters. The minimum Gasteiger partial charge on any atom is -0.443 e. The summed E-state index contributed by atoms with van der Waals surface area (Å²) in [4.78, 5) is 18.0. The number of hydrogen-bond acceptors (Lipinski definition) is 8. The molecule has 23 heavy (non-hydrogen) atoms. The first kappa shape index (κ1) is 13.6. The summed E-state index contributed by atoms with van der Waals surface area (Å²) in [6, 6.07) is 7.51. The van der Waals surface area contributed by atoms with Crippen molar-refractivity contribution in [3.05, 3.63) is 47.9 Å². The van der Waals surface area contributed by atoms with Crippen molar-refractivity contribution in [1.82, 2.24) is 19.9 Å². The standard InChI is InChI=1S/C15H12N6OS/c16-12-4-3-10-13(18-8-19-14(10)21-12)17-6-9-7-22-15(20-9)11-2-1-5-23-11/h1-5,7-8H,6H2,(H3,16,17,18,19,21). The zero-order valence-corrected chi connectivity index (χ0v) is 12.7. The quantitative estimate of drug-likeness (QED) is 0.595. The van der Waals surface area contributed by atoms with Crippen molar-refractivity contribution in [3.63, 3.8) is 0 Å². The molecule has 0 bridgehead atoms. The Morgan fingerprint density at radius 2 is 2.13 bits per heavy atom. The fourth-order valence-electron chi connectivity index (χ4n) is 2.17. The number of nitrogen functional groups attached to an aromatic ring is 1. The molecule has 0 fully saturated rings. The normalized spacial score (nSPS) is 11.0. The summed E-state index contributed by atoms with van der Waals surface area (Å²) in [5, 5.41) is 6.03. The predicted molar refractivity (Wildman–Crippen MR) is 88.9 cm³/mol. The lowest BCUT2D eigenvalue weighted by molar-refractivity contribution is 0.574. The molecule has 0 aliphatic heterocycles. The fraction of sp³-hybridized carbons (Fsp3) is 0.0667. The lowest BCUT2D eigenvalue weighted by atomic mass is 10.3. The fourth-order valence-corrected chi connectivity index (χ4v) is 2.83. The second-order valence-electron chi connectivity index (χ2n) is 4.80. The molecule has 3 N–H and O–H groups in total. The van der Waals surface area contributed by atoms with Gasteiger partial charge in [0.1, 0.15) is 24.2 Å². The van der Waals surface area contributed by atoms with Gasteiger partial charge in [-0.25, -0.2) is 19.9 Å². The molecule has 0 saturated heterocycles. The number of nitrogens with one attached hydrogen (secondary N) is 1. The van der Waals surface area contributed by atoms with Crippen LogP contribution in [0.5, 0.6) is 0 Å². The summed E-state index contributed by atoms with van der Waals surface area (Å²) >= 11 is 1.59. The van der Waals surface area contributed by atoms with E-state index in [4.69, 9.17) is 10.2 Å². The third-order valence-electron chi connectivity index (χ3n) is 3.24. The highest BCUT2D eigenvalue weighted by Crippen LogP contribution is 2.24. The van der Waals surface area contributed by atoms with Crippen LogP contribution >= 0.6 is 11.3 Å². The largest absolute Gasteiger partial charge is 0.443 e. The number of hydrogen-bond donors (Lipinski definition) is 2. The van der Waals surface area contributed by atoms with E-state index in [9.17, 15) is 0 Å². The second kappa shape index (κ2) is 5.65. The minimum atomic E-state index is 0.430. The van der Waals surface area contributed by atoms with Gasteiger partial charge in [0.05, 0.1) is 22.5 Å². The zero-order chi connectivity index (χ0) is 15.6. The maximum atomic E-state index is 5.67. The van der Waals surface area contributed by atoms with E-state index in [1.165, 1.54) is 6.33 Å². The van der Waals surface area contributed by atoms with Crippen LogP contribution in [0.2, 0.25) is 0 Å². The van der Waals surface area contributed by atoms with Gasteiger partial charge in [-0.1, -0.05) is 6.07 Å². The molecule has 4 heterocycles. The molecule has 114 valence electrons. The Labute approximate surface area is 135 Å². The number of pyridine rings is 1. The number of nitrogens with two attached hydrogens (primary N) is 1. The summed E-state index contributed by atoms with van der Waals surface area (Å²) < 4.78 is 5.50. The predicted octanol–water partition coefficient (Wildman–Crippen LogP) is 2.94. The maximum absolute atomic E-state index is 5.67. The summed E-state index contributed by atoms with van der Waals surface area (Å²) in [5.74, 6) is 1.74. The molecule has 0 aliphatic rings. The molecule has 0 radical (unpaired) electrons. The van der Waals surface area contributed by atoms with Gasteiger partial charge in [-0.05, 0) is 23.6 Å². The summed E-state index contributed by atoms with van der Waals surface area (Å²) in [6.07, 6.45) is 3.10. The van der Waals surface area contributed by atoms with E-state index in [0.717, 1.165) is 16.0 Å². The highest BCUT2D eigenvalue weighted by Gasteiger charge is 2.09. The van der Waals surface area contributed by atoms with Crippen LogP contribution in [0.1, 0.15) is 5.69 Å². The van der Waals surface area contributed by atoms with Gasteiger partial charge in [0.2, 0.25) is 5.89 Å². The van der Waals surface area contributed by atoms with Crippen LogP contribution in [0.15, 0.2) is 46.7 Å². The highest BCUT2D eigenvalue weighted by molar-refractivity contribution is 7.13. The molecule has 0 saturated carbocycles. The average Bonchev–Trinajstić information content (AvgIpc) is 3.23. The Balaban J connectivity index is 1.55. The van der Waals surface area contributed by atoms with Gasteiger partial charge in [0, 0.05) is 0 Å². The summed E-state index contributed by atoms with van der Waals surface area (Å²) in [5.41, 5.74) is 7.03. The van der Waals surface area contributed by atoms with E-state index in [1.54, 1.807) is 23.7 Å². The molecule has 0 amide bonds. The van der Waals surface area contributed by atoms with Crippen LogP contribution in [-0.4, -0.2) is 19.9 Å². The van der Waals surface area contributed by atoms with Crippen molar-refractivity contribution in [1.29, 1.82) is 0 Å². The molecule has 0 spiro atoms. The Hall–Kier alpha value is -3.00. The number of oxazole rings is 1. The Morgan fingerprint density at radius 1 is 1.17 bits per heavy atom. The van der Waals surface area contributed by atoms with Crippen molar-refractivity contribution in [2.45, 2.75) is 6.54 Å². The number of thiophene rings is 1. The first-order valence-corrected chi connectivity index (χ1v) is 7.77. The highest BCUT2D eigenvalue weighted by atomic mass is 32.1. The molecule has 8 heteroatoms. The maximum Gasteiger partial charge on any atom is 0.236 e.